The van der Waals surface area contributed by atoms with Gasteiger partial charge in [-0.25, -0.2) is 0 Å². The van der Waals surface area contributed by atoms with Crippen molar-refractivity contribution in [1.29, 1.82) is 0 Å². The lowest BCUT2D eigenvalue weighted by Crippen LogP contribution is -2.43. The van der Waals surface area contributed by atoms with Crippen LogP contribution in [-0.2, 0) is 6.54 Å². The average molecular weight is 334 g/mol. The van der Waals surface area contributed by atoms with Gasteiger partial charge in [0.25, 0.3) is 5.91 Å². The van der Waals surface area contributed by atoms with E-state index in [2.05, 4.69) is 5.32 Å². The van der Waals surface area contributed by atoms with E-state index in [1.54, 1.807) is 11.8 Å². The second kappa shape index (κ2) is 6.55. The van der Waals surface area contributed by atoms with Gasteiger partial charge in [-0.3, -0.25) is 4.79 Å². The molecule has 0 bridgehead atoms. The Morgan fingerprint density at radius 3 is 2.91 bits per heavy atom. The highest BCUT2D eigenvalue weighted by Crippen LogP contribution is 2.29. The van der Waals surface area contributed by atoms with Crippen molar-refractivity contribution in [2.45, 2.75) is 18.6 Å². The number of carbonyl (C=O) groups excluding carboxylic acids is 1. The molecule has 1 fully saturated rings. The minimum absolute atomic E-state index is 0.261. The quantitative estimate of drug-likeness (QED) is 0.876. The highest BCUT2D eigenvalue weighted by atomic mass is 32.2. The van der Waals surface area contributed by atoms with Gasteiger partial charge in [-0.2, -0.15) is 11.8 Å². The Hall–Kier alpha value is -1.50. The second-order valence-electron chi connectivity index (χ2n) is 6.35. The largest absolute Gasteiger partial charge is 0.451 e. The zero-order valence-electron chi connectivity index (χ0n) is 13.5. The minimum Gasteiger partial charge on any atom is -0.451 e. The van der Waals surface area contributed by atoms with Crippen LogP contribution in [0.4, 0.5) is 0 Å². The first-order valence-electron chi connectivity index (χ1n) is 7.72. The van der Waals surface area contributed by atoms with E-state index in [1.165, 1.54) is 0 Å². The lowest BCUT2D eigenvalue weighted by molar-refractivity contribution is 0.0602. The van der Waals surface area contributed by atoms with E-state index in [4.69, 9.17) is 4.42 Å². The summed E-state index contributed by atoms with van der Waals surface area (Å²) in [5, 5.41) is 14.2. The van der Waals surface area contributed by atoms with Crippen molar-refractivity contribution in [2.75, 3.05) is 32.1 Å². The topological polar surface area (TPSA) is 65.7 Å². The summed E-state index contributed by atoms with van der Waals surface area (Å²) >= 11 is 1.71. The Labute approximate surface area is 140 Å². The molecule has 3 rings (SSSR count). The Morgan fingerprint density at radius 2 is 2.22 bits per heavy atom. The van der Waals surface area contributed by atoms with E-state index in [9.17, 15) is 9.90 Å². The van der Waals surface area contributed by atoms with Gasteiger partial charge in [-0.1, -0.05) is 18.2 Å². The molecule has 5 nitrogen and oxygen atoms in total. The van der Waals surface area contributed by atoms with Crippen LogP contribution in [0.25, 0.3) is 11.0 Å². The molecular weight excluding hydrogens is 312 g/mol. The van der Waals surface area contributed by atoms with Crippen molar-refractivity contribution in [3.05, 3.63) is 35.6 Å². The zero-order chi connectivity index (χ0) is 16.4. The first-order chi connectivity index (χ1) is 11.0. The number of furan rings is 1. The Bertz CT molecular complexity index is 705. The molecule has 124 valence electrons. The Kier molecular flexibility index (Phi) is 4.66. The van der Waals surface area contributed by atoms with Gasteiger partial charge >= 0.3 is 0 Å². The van der Waals surface area contributed by atoms with E-state index >= 15 is 0 Å². The van der Waals surface area contributed by atoms with E-state index in [0.29, 0.717) is 30.1 Å². The predicted octanol–water partition coefficient (Wildman–Crippen LogP) is 2.09. The maximum absolute atomic E-state index is 12.6. The van der Waals surface area contributed by atoms with Crippen LogP contribution in [0.2, 0.25) is 0 Å². The number of carbonyl (C=O) groups is 1. The van der Waals surface area contributed by atoms with Gasteiger partial charge in [0, 0.05) is 29.8 Å². The average Bonchev–Trinajstić information content (AvgIpc) is 3.10. The maximum atomic E-state index is 12.6. The van der Waals surface area contributed by atoms with Crippen LogP contribution in [0.15, 0.2) is 28.7 Å². The number of thioether (sulfide) groups is 1. The Morgan fingerprint density at radius 1 is 1.43 bits per heavy atom. The molecule has 2 N–H and O–H groups in total. The van der Waals surface area contributed by atoms with Crippen LogP contribution in [-0.4, -0.2) is 53.7 Å². The number of hydrogen-bond donors (Lipinski definition) is 2. The lowest BCUT2D eigenvalue weighted by Gasteiger charge is -2.21. The fourth-order valence-electron chi connectivity index (χ4n) is 2.82. The molecule has 23 heavy (non-hydrogen) atoms. The fourth-order valence-corrected chi connectivity index (χ4v) is 4.11. The van der Waals surface area contributed by atoms with Crippen molar-refractivity contribution in [2.24, 2.45) is 0 Å². The number of rotatable bonds is 5. The zero-order valence-corrected chi connectivity index (χ0v) is 14.3. The fraction of sp³-hybridized carbons (Fsp3) is 0.471. The maximum Gasteiger partial charge on any atom is 0.287 e. The molecule has 2 aromatic rings. The number of aliphatic hydroxyl groups is 1. The summed E-state index contributed by atoms with van der Waals surface area (Å²) in [5.74, 6) is 1.68. The third kappa shape index (κ3) is 3.54. The van der Waals surface area contributed by atoms with Gasteiger partial charge in [0.15, 0.2) is 5.76 Å². The Balaban J connectivity index is 1.84. The first kappa shape index (κ1) is 16.4. The van der Waals surface area contributed by atoms with Gasteiger partial charge in [0.05, 0.1) is 5.60 Å². The molecule has 1 saturated heterocycles. The van der Waals surface area contributed by atoms with Crippen LogP contribution < -0.4 is 5.32 Å². The summed E-state index contributed by atoms with van der Waals surface area (Å²) in [6, 6.07) is 7.67. The number of amides is 1. The van der Waals surface area contributed by atoms with Crippen LogP contribution >= 0.6 is 11.8 Å². The van der Waals surface area contributed by atoms with Crippen molar-refractivity contribution in [3.8, 4) is 0 Å². The highest BCUT2D eigenvalue weighted by Gasteiger charge is 2.32. The van der Waals surface area contributed by atoms with Crippen LogP contribution in [0, 0.1) is 0 Å². The molecule has 0 saturated carbocycles. The van der Waals surface area contributed by atoms with Crippen molar-refractivity contribution < 1.29 is 14.3 Å². The molecule has 0 spiro atoms. The summed E-state index contributed by atoms with van der Waals surface area (Å²) in [4.78, 5) is 14.6. The first-order valence-corrected chi connectivity index (χ1v) is 8.87. The third-order valence-electron chi connectivity index (χ3n) is 4.04. The third-order valence-corrected chi connectivity index (χ3v) is 5.27. The summed E-state index contributed by atoms with van der Waals surface area (Å²) in [6.45, 7) is 0.886. The SMILES string of the molecule is CN(C)Cc1c(C(=O)NCC2(O)CCSC2)oc2ccccc12. The molecule has 2 heterocycles. The molecule has 1 aliphatic rings. The second-order valence-corrected chi connectivity index (χ2v) is 7.46. The van der Waals surface area contributed by atoms with Crippen LogP contribution in [0.5, 0.6) is 0 Å². The van der Waals surface area contributed by atoms with E-state index in [1.807, 2.05) is 43.3 Å². The number of nitrogens with one attached hydrogen (secondary N) is 1. The molecule has 1 unspecified atom stereocenters. The monoisotopic (exact) mass is 334 g/mol. The molecule has 6 heteroatoms. The van der Waals surface area contributed by atoms with Crippen molar-refractivity contribution in [3.63, 3.8) is 0 Å². The van der Waals surface area contributed by atoms with Crippen LogP contribution in [0.1, 0.15) is 22.5 Å². The normalized spacial score (nSPS) is 21.2. The number of para-hydroxylation sites is 1. The smallest absolute Gasteiger partial charge is 0.287 e. The lowest BCUT2D eigenvalue weighted by atomic mass is 10.0. The molecular formula is C17H22N2O3S. The predicted molar refractivity (Wildman–Crippen MR) is 92.8 cm³/mol. The number of benzene rings is 1. The molecule has 1 aromatic carbocycles. The molecule has 0 radical (unpaired) electrons. The molecule has 1 aliphatic heterocycles. The summed E-state index contributed by atoms with van der Waals surface area (Å²) in [6.07, 6.45) is 0.711. The highest BCUT2D eigenvalue weighted by molar-refractivity contribution is 7.99. The van der Waals surface area contributed by atoms with Crippen LogP contribution in [0.3, 0.4) is 0 Å². The summed E-state index contributed by atoms with van der Waals surface area (Å²) in [7, 11) is 3.92. The standard InChI is InChI=1S/C17H22N2O3S/c1-19(2)9-13-12-5-3-4-6-14(12)22-15(13)16(20)18-10-17(21)7-8-23-11-17/h3-6,21H,7-11H2,1-2H3,(H,18,20). The molecule has 1 amide bonds. The van der Waals surface area contributed by atoms with E-state index in [0.717, 1.165) is 16.7 Å². The van der Waals surface area contributed by atoms with Gasteiger partial charge < -0.3 is 19.7 Å². The van der Waals surface area contributed by atoms with Gasteiger partial charge in [-0.15, -0.1) is 0 Å². The van der Waals surface area contributed by atoms with Gasteiger partial charge in [0.2, 0.25) is 0 Å². The van der Waals surface area contributed by atoms with Gasteiger partial charge in [-0.05, 0) is 32.3 Å². The number of hydrogen-bond acceptors (Lipinski definition) is 5. The summed E-state index contributed by atoms with van der Waals surface area (Å²) in [5.41, 5.74) is 0.800. The number of fused-ring (bicyclic) bond motifs is 1. The van der Waals surface area contributed by atoms with Gasteiger partial charge in [0.1, 0.15) is 5.58 Å². The molecule has 1 aromatic heterocycles. The summed E-state index contributed by atoms with van der Waals surface area (Å²) < 4.78 is 5.78. The molecule has 0 aliphatic carbocycles. The number of nitrogens with zero attached hydrogens (tertiary/aromatic N) is 1. The molecule has 1 atom stereocenters. The van der Waals surface area contributed by atoms with E-state index in [-0.39, 0.29) is 12.5 Å². The van der Waals surface area contributed by atoms with Crippen molar-refractivity contribution in [1.82, 2.24) is 10.2 Å². The van der Waals surface area contributed by atoms with E-state index < -0.39 is 5.60 Å². The minimum atomic E-state index is -0.798. The van der Waals surface area contributed by atoms with Crippen molar-refractivity contribution >= 4 is 28.6 Å².